The molecule has 0 radical (unpaired) electrons. The maximum atomic E-state index is 10.1. The molecule has 104 valence electrons. The van der Waals surface area contributed by atoms with Crippen molar-refractivity contribution in [2.24, 2.45) is 0 Å². The summed E-state index contributed by atoms with van der Waals surface area (Å²) >= 11 is 0. The standard InChI is InChI=1S/C7H12O4S4.2CH4/c8-6(9)1-3-12-14-5-15-13-4-2-7(10)11;;/h1-5H2,(H,8,9)(H,10,11);2*1H4. The third-order valence-corrected chi connectivity index (χ3v) is 6.64. The third kappa shape index (κ3) is 22.1. The first-order valence-corrected chi connectivity index (χ1v) is 9.03. The van der Waals surface area contributed by atoms with E-state index in [-0.39, 0.29) is 27.7 Å². The first kappa shape index (κ1) is 22.5. The average molecular weight is 321 g/mol. The maximum Gasteiger partial charge on any atom is 0.304 e. The summed E-state index contributed by atoms with van der Waals surface area (Å²) in [5.41, 5.74) is 0. The molecule has 0 amide bonds. The monoisotopic (exact) mass is 320 g/mol. The fraction of sp³-hybridized carbons (Fsp3) is 0.778. The van der Waals surface area contributed by atoms with Crippen LogP contribution >= 0.6 is 43.2 Å². The molecule has 0 rings (SSSR count). The van der Waals surface area contributed by atoms with Gasteiger partial charge < -0.3 is 10.2 Å². The fourth-order valence-electron chi connectivity index (χ4n) is 0.463. The number of carboxylic acid groups (broad SMARTS) is 2. The van der Waals surface area contributed by atoms with Gasteiger partial charge in [0.15, 0.2) is 0 Å². The minimum Gasteiger partial charge on any atom is -0.481 e. The van der Waals surface area contributed by atoms with E-state index >= 15 is 0 Å². The van der Waals surface area contributed by atoms with Gasteiger partial charge in [0.1, 0.15) is 0 Å². The molecule has 8 heteroatoms. The number of aliphatic carboxylic acids is 2. The van der Waals surface area contributed by atoms with Gasteiger partial charge in [0.25, 0.3) is 0 Å². The van der Waals surface area contributed by atoms with Crippen LogP contribution in [-0.4, -0.2) is 38.7 Å². The second-order valence-electron chi connectivity index (χ2n) is 2.28. The molecule has 0 aromatic rings. The van der Waals surface area contributed by atoms with Crippen LogP contribution in [0.25, 0.3) is 0 Å². The predicted octanol–water partition coefficient (Wildman–Crippen LogP) is 3.93. The molecule has 0 aliphatic rings. The van der Waals surface area contributed by atoms with E-state index in [1.54, 1.807) is 21.6 Å². The predicted molar refractivity (Wildman–Crippen MR) is 82.9 cm³/mol. The maximum absolute atomic E-state index is 10.1. The van der Waals surface area contributed by atoms with Crippen molar-refractivity contribution in [1.29, 1.82) is 0 Å². The zero-order valence-electron chi connectivity index (χ0n) is 7.88. The van der Waals surface area contributed by atoms with Crippen LogP contribution < -0.4 is 0 Å². The molecule has 17 heavy (non-hydrogen) atoms. The topological polar surface area (TPSA) is 74.6 Å². The number of rotatable bonds is 10. The van der Waals surface area contributed by atoms with Gasteiger partial charge in [-0.2, -0.15) is 0 Å². The molecule has 0 aliphatic carbocycles. The van der Waals surface area contributed by atoms with Crippen LogP contribution in [0.1, 0.15) is 27.7 Å². The van der Waals surface area contributed by atoms with Gasteiger partial charge in [0, 0.05) is 11.5 Å². The molecule has 4 nitrogen and oxygen atoms in total. The summed E-state index contributed by atoms with van der Waals surface area (Å²) in [5, 5.41) is 17.5. The summed E-state index contributed by atoms with van der Waals surface area (Å²) in [7, 11) is 6.27. The van der Waals surface area contributed by atoms with Crippen LogP contribution in [0.2, 0.25) is 0 Å². The van der Waals surface area contributed by atoms with Gasteiger partial charge in [-0.25, -0.2) is 0 Å². The van der Waals surface area contributed by atoms with Gasteiger partial charge in [-0.1, -0.05) is 58.0 Å². The molecule has 0 saturated heterocycles. The van der Waals surface area contributed by atoms with Crippen LogP contribution in [0.5, 0.6) is 0 Å². The van der Waals surface area contributed by atoms with E-state index in [0.717, 1.165) is 5.08 Å². The van der Waals surface area contributed by atoms with Crippen LogP contribution in [-0.2, 0) is 9.59 Å². The molecule has 0 unspecified atom stereocenters. The Morgan fingerprint density at radius 3 is 1.41 bits per heavy atom. The Labute approximate surface area is 119 Å². The fourth-order valence-corrected chi connectivity index (χ4v) is 5.76. The first-order chi connectivity index (χ1) is 7.13. The van der Waals surface area contributed by atoms with Crippen molar-refractivity contribution in [1.82, 2.24) is 0 Å². The van der Waals surface area contributed by atoms with Crippen LogP contribution in [0, 0.1) is 0 Å². The highest BCUT2D eigenvalue weighted by Gasteiger charge is 1.99. The Kier molecular flexibility index (Phi) is 21.6. The largest absolute Gasteiger partial charge is 0.481 e. The number of carbonyl (C=O) groups is 2. The quantitative estimate of drug-likeness (QED) is 0.356. The van der Waals surface area contributed by atoms with E-state index in [1.165, 1.54) is 21.6 Å². The van der Waals surface area contributed by atoms with E-state index in [0.29, 0.717) is 11.5 Å². The molecule has 0 fully saturated rings. The molecule has 0 aromatic heterocycles. The molecule has 0 atom stereocenters. The Morgan fingerprint density at radius 1 is 0.765 bits per heavy atom. The molecule has 0 aliphatic heterocycles. The van der Waals surface area contributed by atoms with Gasteiger partial charge in [-0.05, 0) is 0 Å². The summed E-state index contributed by atoms with van der Waals surface area (Å²) in [5.74, 6) is -0.320. The van der Waals surface area contributed by atoms with Crippen molar-refractivity contribution < 1.29 is 19.8 Å². The molecule has 0 saturated carbocycles. The van der Waals surface area contributed by atoms with Crippen LogP contribution in [0.4, 0.5) is 0 Å². The molecule has 0 spiro atoms. The van der Waals surface area contributed by atoms with Gasteiger partial charge in [0.05, 0.1) is 17.9 Å². The third-order valence-electron chi connectivity index (χ3n) is 1.06. The normalized spacial score (nSPS) is 8.94. The van der Waals surface area contributed by atoms with E-state index in [2.05, 4.69) is 0 Å². The second-order valence-corrected chi connectivity index (χ2v) is 7.82. The molecule has 0 heterocycles. The van der Waals surface area contributed by atoms with Gasteiger partial charge in [-0.15, -0.1) is 0 Å². The lowest BCUT2D eigenvalue weighted by Crippen LogP contribution is -1.95. The van der Waals surface area contributed by atoms with E-state index in [1.807, 2.05) is 0 Å². The highest BCUT2D eigenvalue weighted by Crippen LogP contribution is 2.32. The summed E-state index contributed by atoms with van der Waals surface area (Å²) in [6.07, 6.45) is 0.378. The Hall–Kier alpha value is 0.340. The summed E-state index contributed by atoms with van der Waals surface area (Å²) in [4.78, 5) is 20.3. The average Bonchev–Trinajstić information content (AvgIpc) is 2.14. The van der Waals surface area contributed by atoms with Crippen molar-refractivity contribution >= 4 is 55.1 Å². The number of carboxylic acids is 2. The Morgan fingerprint density at radius 2 is 1.12 bits per heavy atom. The first-order valence-electron chi connectivity index (χ1n) is 4.05. The number of hydrogen-bond acceptors (Lipinski definition) is 6. The summed E-state index contributed by atoms with van der Waals surface area (Å²) in [6.45, 7) is 0. The zero-order chi connectivity index (χ0) is 11.5. The zero-order valence-corrected chi connectivity index (χ0v) is 11.1. The van der Waals surface area contributed by atoms with E-state index in [9.17, 15) is 9.59 Å². The lowest BCUT2D eigenvalue weighted by Gasteiger charge is -1.99. The number of hydrogen-bond donors (Lipinski definition) is 2. The summed E-state index contributed by atoms with van der Waals surface area (Å²) in [6, 6.07) is 0. The Balaban J connectivity index is -0.000000980. The van der Waals surface area contributed by atoms with Gasteiger partial charge in [0.2, 0.25) is 0 Å². The lowest BCUT2D eigenvalue weighted by atomic mass is 10.5. The molecule has 2 N–H and O–H groups in total. The van der Waals surface area contributed by atoms with Crippen LogP contribution in [0.15, 0.2) is 0 Å². The molecule has 0 bridgehead atoms. The van der Waals surface area contributed by atoms with Crippen molar-refractivity contribution in [3.05, 3.63) is 0 Å². The molecule has 0 aromatic carbocycles. The lowest BCUT2D eigenvalue weighted by molar-refractivity contribution is -0.137. The van der Waals surface area contributed by atoms with Crippen LogP contribution in [0.3, 0.4) is 0 Å². The highest BCUT2D eigenvalue weighted by molar-refractivity contribution is 8.85. The van der Waals surface area contributed by atoms with Crippen molar-refractivity contribution in [3.8, 4) is 0 Å². The van der Waals surface area contributed by atoms with Crippen molar-refractivity contribution in [2.75, 3.05) is 16.6 Å². The van der Waals surface area contributed by atoms with Crippen molar-refractivity contribution in [2.45, 2.75) is 27.7 Å². The van der Waals surface area contributed by atoms with Crippen molar-refractivity contribution in [3.63, 3.8) is 0 Å². The van der Waals surface area contributed by atoms with E-state index in [4.69, 9.17) is 10.2 Å². The van der Waals surface area contributed by atoms with Gasteiger partial charge >= 0.3 is 11.9 Å². The molecular weight excluding hydrogens is 300 g/mol. The smallest absolute Gasteiger partial charge is 0.304 e. The Bertz CT molecular complexity index is 181. The summed E-state index contributed by atoms with van der Waals surface area (Å²) < 4.78 is 0. The highest BCUT2D eigenvalue weighted by atomic mass is 33.1. The minimum atomic E-state index is -0.772. The SMILES string of the molecule is C.C.O=C(O)CCSSCSSCCC(=O)O. The second kappa shape index (κ2) is 16.3. The van der Waals surface area contributed by atoms with E-state index < -0.39 is 11.9 Å². The molecular formula is C9H20O4S4. The van der Waals surface area contributed by atoms with Gasteiger partial charge in [-0.3, -0.25) is 9.59 Å². The minimum absolute atomic E-state index is 0.